The van der Waals surface area contributed by atoms with Crippen LogP contribution >= 0.6 is 0 Å². The highest BCUT2D eigenvalue weighted by Crippen LogP contribution is 2.18. The van der Waals surface area contributed by atoms with E-state index in [2.05, 4.69) is 5.32 Å². The molecule has 1 fully saturated rings. The Morgan fingerprint density at radius 2 is 2.00 bits per heavy atom. The van der Waals surface area contributed by atoms with Crippen LogP contribution in [-0.2, 0) is 14.3 Å². The summed E-state index contributed by atoms with van der Waals surface area (Å²) in [4.78, 5) is 37.0. The van der Waals surface area contributed by atoms with Gasteiger partial charge in [0.15, 0.2) is 0 Å². The minimum Gasteiger partial charge on any atom is -0.469 e. The van der Waals surface area contributed by atoms with Gasteiger partial charge in [-0.2, -0.15) is 0 Å². The van der Waals surface area contributed by atoms with Crippen LogP contribution in [0.5, 0.6) is 0 Å². The molecule has 0 spiro atoms. The first-order chi connectivity index (χ1) is 11.0. The molecule has 1 saturated heterocycles. The average Bonchev–Trinajstić information content (AvgIpc) is 2.58. The largest absolute Gasteiger partial charge is 0.469 e. The summed E-state index contributed by atoms with van der Waals surface area (Å²) in [5.41, 5.74) is 0.169. The maximum atomic E-state index is 13.1. The Kier molecular flexibility index (Phi) is 5.67. The molecule has 1 aliphatic rings. The molecule has 1 heterocycles. The molecule has 0 aromatic heterocycles. The van der Waals surface area contributed by atoms with Gasteiger partial charge >= 0.3 is 5.97 Å². The van der Waals surface area contributed by atoms with Crippen molar-refractivity contribution in [3.8, 4) is 0 Å². The van der Waals surface area contributed by atoms with Crippen LogP contribution in [0.2, 0.25) is 0 Å². The summed E-state index contributed by atoms with van der Waals surface area (Å²) in [5, 5.41) is 2.48. The Hall–Kier alpha value is -2.44. The van der Waals surface area contributed by atoms with Crippen molar-refractivity contribution >= 4 is 17.8 Å². The molecule has 7 heteroatoms. The van der Waals surface area contributed by atoms with Crippen LogP contribution in [0, 0.1) is 11.7 Å². The van der Waals surface area contributed by atoms with Crippen LogP contribution in [0.15, 0.2) is 24.3 Å². The first kappa shape index (κ1) is 16.9. The van der Waals surface area contributed by atoms with Gasteiger partial charge < -0.3 is 15.0 Å². The molecule has 1 aromatic rings. The number of hydrogen-bond donors (Lipinski definition) is 1. The second-order valence-electron chi connectivity index (χ2n) is 5.37. The summed E-state index contributed by atoms with van der Waals surface area (Å²) in [6.07, 6.45) is 1.10. The van der Waals surface area contributed by atoms with Gasteiger partial charge in [-0.3, -0.25) is 14.4 Å². The fraction of sp³-hybridized carbons (Fsp3) is 0.438. The molecular weight excluding hydrogens is 303 g/mol. The van der Waals surface area contributed by atoms with Gasteiger partial charge in [-0.15, -0.1) is 0 Å². The maximum Gasteiger partial charge on any atom is 0.308 e. The minimum absolute atomic E-state index is 0.155. The number of likely N-dealkylation sites (tertiary alicyclic amines) is 1. The number of ether oxygens (including phenoxy) is 1. The van der Waals surface area contributed by atoms with Gasteiger partial charge in [0, 0.05) is 18.7 Å². The van der Waals surface area contributed by atoms with Crippen LogP contribution in [0.3, 0.4) is 0 Å². The van der Waals surface area contributed by atoms with E-state index in [0.29, 0.717) is 25.9 Å². The van der Waals surface area contributed by atoms with E-state index in [9.17, 15) is 18.8 Å². The lowest BCUT2D eigenvalue weighted by Gasteiger charge is -2.30. The number of halogens is 1. The van der Waals surface area contributed by atoms with Crippen LogP contribution < -0.4 is 5.32 Å². The number of carbonyl (C=O) groups is 3. The first-order valence-electron chi connectivity index (χ1n) is 7.40. The highest BCUT2D eigenvalue weighted by Gasteiger charge is 2.27. The highest BCUT2D eigenvalue weighted by atomic mass is 19.1. The first-order valence-corrected chi connectivity index (χ1v) is 7.40. The summed E-state index contributed by atoms with van der Waals surface area (Å²) in [7, 11) is 1.35. The van der Waals surface area contributed by atoms with E-state index in [4.69, 9.17) is 4.74 Å². The standard InChI is InChI=1S/C16H19FN2O4/c1-23-16(22)11-5-7-19(8-6-11)14(20)10-18-15(21)12-3-2-4-13(17)9-12/h2-4,9,11H,5-8,10H2,1H3,(H,18,21). The molecule has 0 aliphatic carbocycles. The molecule has 2 rings (SSSR count). The van der Waals surface area contributed by atoms with Gasteiger partial charge in [0.2, 0.25) is 5.91 Å². The number of carbonyl (C=O) groups excluding carboxylic acids is 3. The van der Waals surface area contributed by atoms with E-state index in [0.717, 1.165) is 6.07 Å². The van der Waals surface area contributed by atoms with Crippen LogP contribution in [0.4, 0.5) is 4.39 Å². The van der Waals surface area contributed by atoms with E-state index < -0.39 is 11.7 Å². The van der Waals surface area contributed by atoms with Crippen molar-refractivity contribution in [2.75, 3.05) is 26.7 Å². The molecular formula is C16H19FN2O4. The van der Waals surface area contributed by atoms with Crippen molar-refractivity contribution in [1.29, 1.82) is 0 Å². The molecule has 0 radical (unpaired) electrons. The second-order valence-corrected chi connectivity index (χ2v) is 5.37. The van der Waals surface area contributed by atoms with Crippen molar-refractivity contribution in [3.63, 3.8) is 0 Å². The van der Waals surface area contributed by atoms with E-state index in [-0.39, 0.29) is 29.9 Å². The molecule has 1 N–H and O–H groups in total. The Labute approximate surface area is 133 Å². The highest BCUT2D eigenvalue weighted by molar-refractivity contribution is 5.96. The van der Waals surface area contributed by atoms with Crippen molar-refractivity contribution in [2.45, 2.75) is 12.8 Å². The molecule has 0 atom stereocenters. The van der Waals surface area contributed by atoms with E-state index in [1.165, 1.54) is 25.3 Å². The predicted molar refractivity (Wildman–Crippen MR) is 80.1 cm³/mol. The number of hydrogen-bond acceptors (Lipinski definition) is 4. The number of amides is 2. The molecule has 23 heavy (non-hydrogen) atoms. The lowest BCUT2D eigenvalue weighted by atomic mass is 9.97. The zero-order chi connectivity index (χ0) is 16.8. The van der Waals surface area contributed by atoms with Crippen LogP contribution in [0.25, 0.3) is 0 Å². The number of piperidine rings is 1. The molecule has 2 amide bonds. The number of benzene rings is 1. The lowest BCUT2D eigenvalue weighted by molar-refractivity contribution is -0.148. The van der Waals surface area contributed by atoms with Gasteiger partial charge in [-0.1, -0.05) is 6.07 Å². The average molecular weight is 322 g/mol. The Balaban J connectivity index is 1.79. The summed E-state index contributed by atoms with van der Waals surface area (Å²) < 4.78 is 17.7. The number of nitrogens with zero attached hydrogens (tertiary/aromatic N) is 1. The van der Waals surface area contributed by atoms with E-state index in [1.807, 2.05) is 0 Å². The molecule has 0 unspecified atom stereocenters. The fourth-order valence-corrected chi connectivity index (χ4v) is 2.53. The monoisotopic (exact) mass is 322 g/mol. The van der Waals surface area contributed by atoms with Gasteiger partial charge in [-0.25, -0.2) is 4.39 Å². The molecule has 0 bridgehead atoms. The zero-order valence-electron chi connectivity index (χ0n) is 12.9. The molecule has 1 aliphatic heterocycles. The number of esters is 1. The van der Waals surface area contributed by atoms with Crippen molar-refractivity contribution in [1.82, 2.24) is 10.2 Å². The maximum absolute atomic E-state index is 13.1. The molecule has 1 aromatic carbocycles. The summed E-state index contributed by atoms with van der Waals surface area (Å²) in [6, 6.07) is 5.27. The molecule has 124 valence electrons. The Bertz CT molecular complexity index is 597. The zero-order valence-corrected chi connectivity index (χ0v) is 12.9. The van der Waals surface area contributed by atoms with Gasteiger partial charge in [0.1, 0.15) is 5.82 Å². The van der Waals surface area contributed by atoms with Crippen LogP contribution in [0.1, 0.15) is 23.2 Å². The van der Waals surface area contributed by atoms with Gasteiger partial charge in [-0.05, 0) is 31.0 Å². The third kappa shape index (κ3) is 4.51. The van der Waals surface area contributed by atoms with E-state index in [1.54, 1.807) is 4.90 Å². The third-order valence-corrected chi connectivity index (χ3v) is 3.87. The van der Waals surface area contributed by atoms with Gasteiger partial charge in [0.05, 0.1) is 19.6 Å². The van der Waals surface area contributed by atoms with Crippen molar-refractivity contribution in [3.05, 3.63) is 35.6 Å². The third-order valence-electron chi connectivity index (χ3n) is 3.87. The van der Waals surface area contributed by atoms with Crippen molar-refractivity contribution in [2.24, 2.45) is 5.92 Å². The van der Waals surface area contributed by atoms with Crippen molar-refractivity contribution < 1.29 is 23.5 Å². The Morgan fingerprint density at radius 1 is 1.30 bits per heavy atom. The smallest absolute Gasteiger partial charge is 0.308 e. The molecule has 6 nitrogen and oxygen atoms in total. The summed E-state index contributed by atoms with van der Waals surface area (Å²) in [6.45, 7) is 0.751. The number of nitrogens with one attached hydrogen (secondary N) is 1. The summed E-state index contributed by atoms with van der Waals surface area (Å²) in [5.74, 6) is -1.66. The molecule has 0 saturated carbocycles. The SMILES string of the molecule is COC(=O)C1CCN(C(=O)CNC(=O)c2cccc(F)c2)CC1. The Morgan fingerprint density at radius 3 is 2.61 bits per heavy atom. The topological polar surface area (TPSA) is 75.7 Å². The predicted octanol–water partition coefficient (Wildman–Crippen LogP) is 0.967. The normalized spacial score (nSPS) is 15.1. The second kappa shape index (κ2) is 7.71. The fourth-order valence-electron chi connectivity index (χ4n) is 2.53. The van der Waals surface area contributed by atoms with Gasteiger partial charge in [0.25, 0.3) is 5.91 Å². The number of methoxy groups -OCH3 is 1. The van der Waals surface area contributed by atoms with Crippen LogP contribution in [-0.4, -0.2) is 49.4 Å². The van der Waals surface area contributed by atoms with E-state index >= 15 is 0 Å². The minimum atomic E-state index is -0.506. The lowest BCUT2D eigenvalue weighted by Crippen LogP contribution is -2.45. The summed E-state index contributed by atoms with van der Waals surface area (Å²) >= 11 is 0. The quantitative estimate of drug-likeness (QED) is 0.838. The number of rotatable bonds is 4.